The number of hydrogen-bond acceptors (Lipinski definition) is 2. The van der Waals surface area contributed by atoms with Gasteiger partial charge in [0.2, 0.25) is 0 Å². The molecule has 0 radical (unpaired) electrons. The molecule has 0 bridgehead atoms. The van der Waals surface area contributed by atoms with Crippen LogP contribution in [0.3, 0.4) is 0 Å². The fourth-order valence-electron chi connectivity index (χ4n) is 1.54. The predicted octanol–water partition coefficient (Wildman–Crippen LogP) is 2.65. The van der Waals surface area contributed by atoms with Gasteiger partial charge in [-0.25, -0.2) is 0 Å². The molecular weight excluding hydrogens is 351 g/mol. The van der Waals surface area contributed by atoms with Gasteiger partial charge in [0, 0.05) is 20.1 Å². The summed E-state index contributed by atoms with van der Waals surface area (Å²) in [6.07, 6.45) is 0. The first-order valence-corrected chi connectivity index (χ1v) is 7.72. The molecule has 0 heterocycles. The summed E-state index contributed by atoms with van der Waals surface area (Å²) in [5, 5.41) is 8.24. The molecule has 0 fully saturated rings. The first-order valence-electron chi connectivity index (χ1n) is 5.26. The van der Waals surface area contributed by atoms with Crippen molar-refractivity contribution in [3.05, 3.63) is 33.4 Å². The molecule has 0 saturated heterocycles. The summed E-state index contributed by atoms with van der Waals surface area (Å²) in [7, 11) is -1.38. The Balaban J connectivity index is 2.77. The molecule has 1 aromatic rings. The van der Waals surface area contributed by atoms with Crippen LogP contribution < -0.4 is 0 Å². The van der Waals surface area contributed by atoms with Gasteiger partial charge in [-0.1, -0.05) is 26.0 Å². The third-order valence-corrected chi connectivity index (χ3v) is 5.00. The van der Waals surface area contributed by atoms with E-state index in [2.05, 4.69) is 22.6 Å². The second-order valence-corrected chi connectivity index (χ2v) is 6.96. The number of hydrogen-bond donors (Lipinski definition) is 1. The summed E-state index contributed by atoms with van der Waals surface area (Å²) in [6.45, 7) is 3.56. The van der Waals surface area contributed by atoms with E-state index >= 15 is 0 Å². The molecule has 0 aromatic heterocycles. The van der Waals surface area contributed by atoms with Gasteiger partial charge in [0.25, 0.3) is 0 Å². The van der Waals surface area contributed by atoms with Gasteiger partial charge in [-0.2, -0.15) is 0 Å². The van der Waals surface area contributed by atoms with Crippen molar-refractivity contribution in [1.29, 1.82) is 0 Å². The summed E-state index contributed by atoms with van der Waals surface area (Å²) >= 11 is 2.19. The molecule has 5 heteroatoms. The first-order chi connectivity index (χ1) is 7.91. The van der Waals surface area contributed by atoms with Crippen LogP contribution in [0, 0.1) is 9.49 Å². The zero-order valence-corrected chi connectivity index (χ0v) is 12.7. The Bertz CT molecular complexity index is 414. The molecule has 3 nitrogen and oxygen atoms in total. The van der Waals surface area contributed by atoms with Gasteiger partial charge in [-0.05, 0) is 46.2 Å². The standard InChI is InChI=1S/C12H15IO3S/c1-8(2)11(12(14)15)17(16)7-9-3-5-10(13)6-4-9/h3-6,8,11H,7H2,1-2H3,(H,14,15). The lowest BCUT2D eigenvalue weighted by atomic mass is 10.1. The molecule has 0 spiro atoms. The highest BCUT2D eigenvalue weighted by Crippen LogP contribution is 2.15. The molecule has 1 aromatic carbocycles. The number of halogens is 1. The largest absolute Gasteiger partial charge is 0.480 e. The number of carboxylic acids is 1. The van der Waals surface area contributed by atoms with Crippen LogP contribution >= 0.6 is 22.6 Å². The van der Waals surface area contributed by atoms with Crippen molar-refractivity contribution in [2.75, 3.05) is 0 Å². The van der Waals surface area contributed by atoms with Crippen molar-refractivity contribution >= 4 is 39.4 Å². The quantitative estimate of drug-likeness (QED) is 0.816. The molecule has 0 aliphatic rings. The molecule has 0 aliphatic carbocycles. The lowest BCUT2D eigenvalue weighted by molar-refractivity contribution is -0.137. The second-order valence-electron chi connectivity index (χ2n) is 4.15. The molecule has 2 atom stereocenters. The minimum atomic E-state index is -1.38. The molecule has 0 saturated carbocycles. The maximum atomic E-state index is 12.0. The van der Waals surface area contributed by atoms with Gasteiger partial charge in [-0.3, -0.25) is 9.00 Å². The Morgan fingerprint density at radius 3 is 2.29 bits per heavy atom. The summed E-state index contributed by atoms with van der Waals surface area (Å²) < 4.78 is 13.1. The molecular formula is C12H15IO3S. The number of benzene rings is 1. The first kappa shape index (κ1) is 14.6. The lowest BCUT2D eigenvalue weighted by Gasteiger charge is -2.15. The molecule has 17 heavy (non-hydrogen) atoms. The predicted molar refractivity (Wildman–Crippen MR) is 77.3 cm³/mol. The third kappa shape index (κ3) is 4.39. The summed E-state index contributed by atoms with van der Waals surface area (Å²) in [5.41, 5.74) is 0.913. The number of carboxylic acid groups (broad SMARTS) is 1. The highest BCUT2D eigenvalue weighted by Gasteiger charge is 2.27. The van der Waals surface area contributed by atoms with Crippen molar-refractivity contribution in [3.8, 4) is 0 Å². The van der Waals surface area contributed by atoms with Gasteiger partial charge in [0.15, 0.2) is 0 Å². The maximum Gasteiger partial charge on any atom is 0.319 e. The highest BCUT2D eigenvalue weighted by atomic mass is 127. The van der Waals surface area contributed by atoms with E-state index in [9.17, 15) is 9.00 Å². The lowest BCUT2D eigenvalue weighted by Crippen LogP contribution is -2.31. The molecule has 0 amide bonds. The topological polar surface area (TPSA) is 54.4 Å². The minimum absolute atomic E-state index is 0.128. The Kier molecular flexibility index (Phi) is 5.58. The van der Waals surface area contributed by atoms with Crippen LogP contribution in [-0.2, 0) is 21.3 Å². The average molecular weight is 366 g/mol. The number of aliphatic carboxylic acids is 1. The second kappa shape index (κ2) is 6.49. The fourth-order valence-corrected chi connectivity index (χ4v) is 3.43. The Hall–Kier alpha value is -0.430. The van der Waals surface area contributed by atoms with Crippen molar-refractivity contribution in [2.45, 2.75) is 24.9 Å². The summed E-state index contributed by atoms with van der Waals surface area (Å²) in [5.74, 6) is -0.812. The van der Waals surface area contributed by atoms with E-state index in [0.29, 0.717) is 5.75 Å². The van der Waals surface area contributed by atoms with E-state index in [1.807, 2.05) is 24.3 Å². The van der Waals surface area contributed by atoms with E-state index in [-0.39, 0.29) is 5.92 Å². The summed E-state index contributed by atoms with van der Waals surface area (Å²) in [6, 6.07) is 7.63. The van der Waals surface area contributed by atoms with Gasteiger partial charge >= 0.3 is 5.97 Å². The van der Waals surface area contributed by atoms with E-state index in [4.69, 9.17) is 5.11 Å². The average Bonchev–Trinajstić information content (AvgIpc) is 2.20. The molecule has 1 N–H and O–H groups in total. The van der Waals surface area contributed by atoms with Crippen molar-refractivity contribution in [1.82, 2.24) is 0 Å². The zero-order chi connectivity index (χ0) is 13.0. The van der Waals surface area contributed by atoms with E-state index in [1.165, 1.54) is 0 Å². The van der Waals surface area contributed by atoms with Crippen LogP contribution in [0.4, 0.5) is 0 Å². The fraction of sp³-hybridized carbons (Fsp3) is 0.417. The third-order valence-electron chi connectivity index (χ3n) is 2.35. The Morgan fingerprint density at radius 2 is 1.88 bits per heavy atom. The van der Waals surface area contributed by atoms with E-state index in [0.717, 1.165) is 9.13 Å². The van der Waals surface area contributed by atoms with Gasteiger partial charge in [-0.15, -0.1) is 0 Å². The van der Waals surface area contributed by atoms with Crippen LogP contribution in [0.15, 0.2) is 24.3 Å². The van der Waals surface area contributed by atoms with Gasteiger partial charge < -0.3 is 5.11 Å². The molecule has 0 aliphatic heterocycles. The van der Waals surface area contributed by atoms with Crippen LogP contribution in [0.5, 0.6) is 0 Å². The van der Waals surface area contributed by atoms with Crippen molar-refractivity contribution in [3.63, 3.8) is 0 Å². The van der Waals surface area contributed by atoms with E-state index in [1.54, 1.807) is 13.8 Å². The van der Waals surface area contributed by atoms with Gasteiger partial charge in [0.1, 0.15) is 5.25 Å². The van der Waals surface area contributed by atoms with Gasteiger partial charge in [0.05, 0.1) is 0 Å². The van der Waals surface area contributed by atoms with Crippen molar-refractivity contribution < 1.29 is 14.1 Å². The minimum Gasteiger partial charge on any atom is -0.480 e. The molecule has 94 valence electrons. The van der Waals surface area contributed by atoms with Crippen LogP contribution in [0.1, 0.15) is 19.4 Å². The zero-order valence-electron chi connectivity index (χ0n) is 9.72. The highest BCUT2D eigenvalue weighted by molar-refractivity contribution is 14.1. The van der Waals surface area contributed by atoms with Crippen LogP contribution in [-0.4, -0.2) is 20.5 Å². The summed E-state index contributed by atoms with van der Waals surface area (Å²) in [4.78, 5) is 11.0. The Labute approximate surface area is 117 Å². The molecule has 1 rings (SSSR count). The normalized spacial score (nSPS) is 14.6. The Morgan fingerprint density at radius 1 is 1.35 bits per heavy atom. The van der Waals surface area contributed by atoms with Crippen LogP contribution in [0.25, 0.3) is 0 Å². The number of rotatable bonds is 5. The van der Waals surface area contributed by atoms with Crippen molar-refractivity contribution in [2.24, 2.45) is 5.92 Å². The monoisotopic (exact) mass is 366 g/mol. The van der Waals surface area contributed by atoms with Crippen LogP contribution in [0.2, 0.25) is 0 Å². The molecule has 2 unspecified atom stereocenters. The van der Waals surface area contributed by atoms with E-state index < -0.39 is 22.0 Å². The maximum absolute atomic E-state index is 12.0. The SMILES string of the molecule is CC(C)C(C(=O)O)S(=O)Cc1ccc(I)cc1. The number of carbonyl (C=O) groups is 1. The smallest absolute Gasteiger partial charge is 0.319 e.